The lowest BCUT2D eigenvalue weighted by atomic mass is 10.2. The number of hydrogen-bond acceptors (Lipinski definition) is 4. The molecule has 1 saturated heterocycles. The van der Waals surface area contributed by atoms with Crippen molar-refractivity contribution >= 4 is 5.82 Å². The van der Waals surface area contributed by atoms with Gasteiger partial charge in [-0.2, -0.15) is 18.3 Å². The average Bonchev–Trinajstić information content (AvgIpc) is 3.06. The van der Waals surface area contributed by atoms with Gasteiger partial charge >= 0.3 is 6.18 Å². The summed E-state index contributed by atoms with van der Waals surface area (Å²) in [4.78, 5) is 8.27. The SMILES string of the molecule is FC(F)(F)c1ccnc(N2CCN(CCn3cccn3)CC2)c1. The van der Waals surface area contributed by atoms with Gasteiger partial charge in [-0.1, -0.05) is 0 Å². The summed E-state index contributed by atoms with van der Waals surface area (Å²) in [7, 11) is 0. The number of nitrogens with zero attached hydrogens (tertiary/aromatic N) is 5. The topological polar surface area (TPSA) is 37.2 Å². The summed E-state index contributed by atoms with van der Waals surface area (Å²) in [6, 6.07) is 4.01. The molecule has 124 valence electrons. The largest absolute Gasteiger partial charge is 0.416 e. The molecule has 2 aromatic rings. The highest BCUT2D eigenvalue weighted by Gasteiger charge is 2.31. The van der Waals surface area contributed by atoms with Gasteiger partial charge in [0.2, 0.25) is 0 Å². The number of halogens is 3. The number of anilines is 1. The summed E-state index contributed by atoms with van der Waals surface area (Å²) in [5.74, 6) is 0.395. The molecule has 0 atom stereocenters. The molecule has 3 rings (SSSR count). The lowest BCUT2D eigenvalue weighted by Gasteiger charge is -2.35. The van der Waals surface area contributed by atoms with E-state index in [1.165, 1.54) is 6.20 Å². The van der Waals surface area contributed by atoms with Gasteiger partial charge in [-0.15, -0.1) is 0 Å². The maximum absolute atomic E-state index is 12.8. The van der Waals surface area contributed by atoms with E-state index < -0.39 is 11.7 Å². The van der Waals surface area contributed by atoms with Gasteiger partial charge in [0.05, 0.1) is 12.1 Å². The number of rotatable bonds is 4. The minimum Gasteiger partial charge on any atom is -0.354 e. The number of alkyl halides is 3. The van der Waals surface area contributed by atoms with E-state index in [-0.39, 0.29) is 0 Å². The molecule has 1 fully saturated rings. The molecule has 0 unspecified atom stereocenters. The minimum absolute atomic E-state index is 0.395. The van der Waals surface area contributed by atoms with Crippen molar-refractivity contribution in [3.8, 4) is 0 Å². The van der Waals surface area contributed by atoms with Crippen LogP contribution in [0, 0.1) is 0 Å². The monoisotopic (exact) mass is 325 g/mol. The molecule has 0 bridgehead atoms. The van der Waals surface area contributed by atoms with Gasteiger partial charge in [-0.25, -0.2) is 4.98 Å². The minimum atomic E-state index is -4.33. The molecule has 1 aliphatic heterocycles. The van der Waals surface area contributed by atoms with Crippen LogP contribution in [-0.4, -0.2) is 52.4 Å². The van der Waals surface area contributed by atoms with Gasteiger partial charge in [0.1, 0.15) is 5.82 Å². The van der Waals surface area contributed by atoms with E-state index in [4.69, 9.17) is 0 Å². The number of hydrogen-bond donors (Lipinski definition) is 0. The Kier molecular flexibility index (Phi) is 4.51. The number of aromatic nitrogens is 3. The van der Waals surface area contributed by atoms with Gasteiger partial charge in [-0.3, -0.25) is 9.58 Å². The van der Waals surface area contributed by atoms with Crippen LogP contribution in [0.4, 0.5) is 19.0 Å². The molecule has 5 nitrogen and oxygen atoms in total. The van der Waals surface area contributed by atoms with E-state index in [1.54, 1.807) is 6.20 Å². The van der Waals surface area contributed by atoms with Crippen molar-refractivity contribution in [2.45, 2.75) is 12.7 Å². The van der Waals surface area contributed by atoms with Crippen LogP contribution < -0.4 is 4.90 Å². The first kappa shape index (κ1) is 15.8. The normalized spacial score (nSPS) is 16.7. The van der Waals surface area contributed by atoms with Crippen LogP contribution in [0.5, 0.6) is 0 Å². The van der Waals surface area contributed by atoms with Gasteiger partial charge in [0, 0.05) is 51.3 Å². The fraction of sp³-hybridized carbons (Fsp3) is 0.467. The van der Waals surface area contributed by atoms with E-state index >= 15 is 0 Å². The Morgan fingerprint density at radius 2 is 1.83 bits per heavy atom. The summed E-state index contributed by atoms with van der Waals surface area (Å²) >= 11 is 0. The van der Waals surface area contributed by atoms with E-state index in [9.17, 15) is 13.2 Å². The Balaban J connectivity index is 1.54. The van der Waals surface area contributed by atoms with Crippen LogP contribution in [0.25, 0.3) is 0 Å². The fourth-order valence-corrected chi connectivity index (χ4v) is 2.64. The smallest absolute Gasteiger partial charge is 0.354 e. The highest BCUT2D eigenvalue weighted by Crippen LogP contribution is 2.30. The van der Waals surface area contributed by atoms with Gasteiger partial charge < -0.3 is 4.90 Å². The Labute approximate surface area is 132 Å². The molecule has 3 heterocycles. The second kappa shape index (κ2) is 6.57. The lowest BCUT2D eigenvalue weighted by molar-refractivity contribution is -0.137. The Bertz CT molecular complexity index is 618. The third kappa shape index (κ3) is 4.01. The fourth-order valence-electron chi connectivity index (χ4n) is 2.64. The standard InChI is InChI=1S/C15H18F3N5/c16-15(17,18)13-2-4-19-14(12-13)22-9-6-21(7-10-22)8-11-23-5-1-3-20-23/h1-5,12H,6-11H2. The van der Waals surface area contributed by atoms with Gasteiger partial charge in [-0.05, 0) is 18.2 Å². The first-order chi connectivity index (χ1) is 11.0. The number of pyridine rings is 1. The molecular formula is C15H18F3N5. The predicted octanol–water partition coefficient (Wildman–Crippen LogP) is 2.12. The Morgan fingerprint density at radius 3 is 2.48 bits per heavy atom. The second-order valence-corrected chi connectivity index (χ2v) is 5.50. The summed E-state index contributed by atoms with van der Waals surface area (Å²) in [5, 5.41) is 4.16. The summed E-state index contributed by atoms with van der Waals surface area (Å²) in [5.41, 5.74) is -0.649. The zero-order valence-corrected chi connectivity index (χ0v) is 12.6. The molecule has 2 aromatic heterocycles. The average molecular weight is 325 g/mol. The van der Waals surface area contributed by atoms with Crippen LogP contribution in [0.15, 0.2) is 36.8 Å². The predicted molar refractivity (Wildman–Crippen MR) is 80.1 cm³/mol. The quantitative estimate of drug-likeness (QED) is 0.863. The van der Waals surface area contributed by atoms with Crippen molar-refractivity contribution in [2.24, 2.45) is 0 Å². The Morgan fingerprint density at radius 1 is 1.04 bits per heavy atom. The van der Waals surface area contributed by atoms with Crippen molar-refractivity contribution in [2.75, 3.05) is 37.6 Å². The van der Waals surface area contributed by atoms with Crippen molar-refractivity contribution in [3.05, 3.63) is 42.4 Å². The highest BCUT2D eigenvalue weighted by atomic mass is 19.4. The molecule has 0 aliphatic carbocycles. The third-order valence-electron chi connectivity index (χ3n) is 3.97. The van der Waals surface area contributed by atoms with Crippen LogP contribution in [0.1, 0.15) is 5.56 Å². The van der Waals surface area contributed by atoms with Crippen molar-refractivity contribution < 1.29 is 13.2 Å². The molecule has 0 radical (unpaired) electrons. The van der Waals surface area contributed by atoms with E-state index in [0.29, 0.717) is 18.9 Å². The van der Waals surface area contributed by atoms with Gasteiger partial charge in [0.25, 0.3) is 0 Å². The van der Waals surface area contributed by atoms with Crippen LogP contribution in [-0.2, 0) is 12.7 Å². The molecule has 0 N–H and O–H groups in total. The second-order valence-electron chi connectivity index (χ2n) is 5.50. The molecule has 0 aromatic carbocycles. The van der Waals surface area contributed by atoms with Crippen molar-refractivity contribution in [1.82, 2.24) is 19.7 Å². The molecular weight excluding hydrogens is 307 g/mol. The first-order valence-electron chi connectivity index (χ1n) is 7.50. The van der Waals surface area contributed by atoms with E-state index in [1.807, 2.05) is 21.8 Å². The summed E-state index contributed by atoms with van der Waals surface area (Å²) < 4.78 is 40.2. The van der Waals surface area contributed by atoms with Crippen molar-refractivity contribution in [3.63, 3.8) is 0 Å². The first-order valence-corrected chi connectivity index (χ1v) is 7.50. The maximum atomic E-state index is 12.8. The summed E-state index contributed by atoms with van der Waals surface area (Å²) in [6.07, 6.45) is 0.561. The lowest BCUT2D eigenvalue weighted by Crippen LogP contribution is -2.47. The molecule has 0 spiro atoms. The summed E-state index contributed by atoms with van der Waals surface area (Å²) in [6.45, 7) is 4.65. The molecule has 8 heteroatoms. The molecule has 23 heavy (non-hydrogen) atoms. The van der Waals surface area contributed by atoms with Crippen LogP contribution >= 0.6 is 0 Å². The Hall–Kier alpha value is -2.09. The van der Waals surface area contributed by atoms with Gasteiger partial charge in [0.15, 0.2) is 0 Å². The van der Waals surface area contributed by atoms with Crippen molar-refractivity contribution in [1.29, 1.82) is 0 Å². The van der Waals surface area contributed by atoms with E-state index in [0.717, 1.165) is 38.3 Å². The zero-order chi connectivity index (χ0) is 16.3. The van der Waals surface area contributed by atoms with E-state index in [2.05, 4.69) is 15.0 Å². The molecule has 0 amide bonds. The highest BCUT2D eigenvalue weighted by molar-refractivity contribution is 5.42. The molecule has 0 saturated carbocycles. The van der Waals surface area contributed by atoms with Crippen LogP contribution in [0.2, 0.25) is 0 Å². The third-order valence-corrected chi connectivity index (χ3v) is 3.97. The zero-order valence-electron chi connectivity index (χ0n) is 12.6. The molecule has 1 aliphatic rings. The number of piperazine rings is 1. The maximum Gasteiger partial charge on any atom is 0.416 e. The van der Waals surface area contributed by atoms with Crippen LogP contribution in [0.3, 0.4) is 0 Å².